The molecular formula is C16H23NO2. The monoisotopic (exact) mass is 261 g/mol. The molecule has 0 aromatic heterocycles. The fraction of sp³-hybridized carbons (Fsp3) is 0.625. The molecule has 104 valence electrons. The van der Waals surface area contributed by atoms with Crippen molar-refractivity contribution in [1.82, 2.24) is 5.32 Å². The van der Waals surface area contributed by atoms with Crippen LogP contribution >= 0.6 is 0 Å². The summed E-state index contributed by atoms with van der Waals surface area (Å²) in [7, 11) is 0. The van der Waals surface area contributed by atoms with Crippen LogP contribution in [0.15, 0.2) is 18.2 Å². The number of fused-ring (bicyclic) bond motifs is 1. The Balaban J connectivity index is 1.61. The molecule has 1 saturated carbocycles. The van der Waals surface area contributed by atoms with Crippen LogP contribution in [0, 0.1) is 11.8 Å². The van der Waals surface area contributed by atoms with Crippen LogP contribution in [0.25, 0.3) is 0 Å². The first kappa shape index (κ1) is 12.8. The summed E-state index contributed by atoms with van der Waals surface area (Å²) in [5.41, 5.74) is 1.27. The number of benzene rings is 1. The normalized spacial score (nSPS) is 29.5. The summed E-state index contributed by atoms with van der Waals surface area (Å²) in [4.78, 5) is 0. The molecule has 3 unspecified atom stereocenters. The molecule has 3 heteroatoms. The van der Waals surface area contributed by atoms with Gasteiger partial charge in [0, 0.05) is 12.6 Å². The van der Waals surface area contributed by atoms with Crippen LogP contribution in [-0.4, -0.2) is 19.3 Å². The van der Waals surface area contributed by atoms with E-state index in [0.717, 1.165) is 29.9 Å². The fourth-order valence-corrected chi connectivity index (χ4v) is 3.10. The van der Waals surface area contributed by atoms with Gasteiger partial charge < -0.3 is 14.8 Å². The maximum atomic E-state index is 5.62. The van der Waals surface area contributed by atoms with Gasteiger partial charge in [-0.15, -0.1) is 0 Å². The maximum Gasteiger partial charge on any atom is 0.161 e. The summed E-state index contributed by atoms with van der Waals surface area (Å²) in [5, 5.41) is 3.69. The van der Waals surface area contributed by atoms with Gasteiger partial charge in [0.1, 0.15) is 13.2 Å². The Morgan fingerprint density at radius 3 is 2.63 bits per heavy atom. The van der Waals surface area contributed by atoms with Crippen LogP contribution in [0.4, 0.5) is 0 Å². The quantitative estimate of drug-likeness (QED) is 0.907. The number of ether oxygens (including phenoxy) is 2. The van der Waals surface area contributed by atoms with Crippen LogP contribution < -0.4 is 14.8 Å². The molecule has 1 heterocycles. The van der Waals surface area contributed by atoms with Crippen LogP contribution in [0.5, 0.6) is 11.5 Å². The van der Waals surface area contributed by atoms with E-state index in [1.807, 2.05) is 6.07 Å². The second kappa shape index (κ2) is 5.41. The molecule has 1 aliphatic carbocycles. The predicted octanol–water partition coefficient (Wildman–Crippen LogP) is 2.98. The average Bonchev–Trinajstić information content (AvgIpc) is 2.76. The smallest absolute Gasteiger partial charge is 0.161 e. The van der Waals surface area contributed by atoms with Gasteiger partial charge in [-0.05, 0) is 42.4 Å². The van der Waals surface area contributed by atoms with Gasteiger partial charge in [0.25, 0.3) is 0 Å². The highest BCUT2D eigenvalue weighted by molar-refractivity contribution is 5.43. The lowest BCUT2D eigenvalue weighted by Crippen LogP contribution is -2.31. The third-order valence-electron chi connectivity index (χ3n) is 4.64. The van der Waals surface area contributed by atoms with E-state index in [4.69, 9.17) is 9.47 Å². The van der Waals surface area contributed by atoms with Crippen LogP contribution in [-0.2, 0) is 6.54 Å². The van der Waals surface area contributed by atoms with E-state index in [1.165, 1.54) is 18.4 Å². The Morgan fingerprint density at radius 2 is 1.89 bits per heavy atom. The van der Waals surface area contributed by atoms with Crippen molar-refractivity contribution in [3.8, 4) is 11.5 Å². The van der Waals surface area contributed by atoms with Gasteiger partial charge in [0.2, 0.25) is 0 Å². The zero-order valence-electron chi connectivity index (χ0n) is 11.8. The molecule has 1 N–H and O–H groups in total. The molecule has 1 fully saturated rings. The predicted molar refractivity (Wildman–Crippen MR) is 75.6 cm³/mol. The van der Waals surface area contributed by atoms with E-state index in [2.05, 4.69) is 31.3 Å². The summed E-state index contributed by atoms with van der Waals surface area (Å²) in [5.74, 6) is 3.38. The molecule has 0 radical (unpaired) electrons. The maximum absolute atomic E-state index is 5.62. The molecule has 0 amide bonds. The van der Waals surface area contributed by atoms with Gasteiger partial charge in [-0.25, -0.2) is 0 Å². The Labute approximate surface area is 115 Å². The largest absolute Gasteiger partial charge is 0.486 e. The molecule has 1 aliphatic heterocycles. The van der Waals surface area contributed by atoms with Crippen LogP contribution in [0.2, 0.25) is 0 Å². The fourth-order valence-electron chi connectivity index (χ4n) is 3.10. The van der Waals surface area contributed by atoms with E-state index < -0.39 is 0 Å². The van der Waals surface area contributed by atoms with Crippen molar-refractivity contribution >= 4 is 0 Å². The third kappa shape index (κ3) is 2.71. The Bertz CT molecular complexity index is 446. The first-order valence-electron chi connectivity index (χ1n) is 7.36. The van der Waals surface area contributed by atoms with Gasteiger partial charge in [0.15, 0.2) is 11.5 Å². The minimum absolute atomic E-state index is 0.654. The molecule has 2 aliphatic rings. The van der Waals surface area contributed by atoms with Crippen molar-refractivity contribution in [3.63, 3.8) is 0 Å². The number of hydrogen-bond donors (Lipinski definition) is 1. The topological polar surface area (TPSA) is 30.5 Å². The van der Waals surface area contributed by atoms with Gasteiger partial charge in [-0.1, -0.05) is 19.9 Å². The van der Waals surface area contributed by atoms with E-state index in [9.17, 15) is 0 Å². The van der Waals surface area contributed by atoms with Crippen molar-refractivity contribution in [1.29, 1.82) is 0 Å². The molecule has 19 heavy (non-hydrogen) atoms. The van der Waals surface area contributed by atoms with Crippen molar-refractivity contribution in [2.45, 2.75) is 39.3 Å². The van der Waals surface area contributed by atoms with Gasteiger partial charge in [-0.2, -0.15) is 0 Å². The molecule has 3 rings (SSSR count). The molecule has 0 bridgehead atoms. The third-order valence-corrected chi connectivity index (χ3v) is 4.64. The van der Waals surface area contributed by atoms with Gasteiger partial charge in [0.05, 0.1) is 0 Å². The Kier molecular flexibility index (Phi) is 3.65. The summed E-state index contributed by atoms with van der Waals surface area (Å²) < 4.78 is 11.2. The summed E-state index contributed by atoms with van der Waals surface area (Å²) in [6, 6.07) is 6.91. The van der Waals surface area contributed by atoms with Gasteiger partial charge in [-0.3, -0.25) is 0 Å². The SMILES string of the molecule is CC1CCC(NCc2ccc3c(c2)OCCO3)C1C. The highest BCUT2D eigenvalue weighted by Gasteiger charge is 2.29. The zero-order chi connectivity index (χ0) is 13.2. The van der Waals surface area contributed by atoms with Crippen molar-refractivity contribution in [3.05, 3.63) is 23.8 Å². The molecule has 0 saturated heterocycles. The van der Waals surface area contributed by atoms with Crippen LogP contribution in [0.3, 0.4) is 0 Å². The lowest BCUT2D eigenvalue weighted by Gasteiger charge is -2.21. The first-order chi connectivity index (χ1) is 9.24. The Hall–Kier alpha value is -1.22. The molecule has 1 aromatic rings. The second-order valence-corrected chi connectivity index (χ2v) is 5.88. The highest BCUT2D eigenvalue weighted by atomic mass is 16.6. The number of rotatable bonds is 3. The Morgan fingerprint density at radius 1 is 1.11 bits per heavy atom. The minimum atomic E-state index is 0.654. The van der Waals surface area contributed by atoms with E-state index in [-0.39, 0.29) is 0 Å². The standard InChI is InChI=1S/C16H23NO2/c1-11-3-5-14(12(11)2)17-10-13-4-6-15-16(9-13)19-8-7-18-15/h4,6,9,11-12,14,17H,3,5,7-8,10H2,1-2H3. The lowest BCUT2D eigenvalue weighted by atomic mass is 9.97. The minimum Gasteiger partial charge on any atom is -0.486 e. The molecule has 1 aromatic carbocycles. The van der Waals surface area contributed by atoms with Crippen LogP contribution in [0.1, 0.15) is 32.3 Å². The summed E-state index contributed by atoms with van der Waals surface area (Å²) >= 11 is 0. The van der Waals surface area contributed by atoms with Crippen molar-refractivity contribution < 1.29 is 9.47 Å². The molecule has 3 nitrogen and oxygen atoms in total. The molecular weight excluding hydrogens is 238 g/mol. The van der Waals surface area contributed by atoms with Crippen molar-refractivity contribution in [2.24, 2.45) is 11.8 Å². The summed E-state index contributed by atoms with van der Waals surface area (Å²) in [6.45, 7) is 6.94. The van der Waals surface area contributed by atoms with Crippen molar-refractivity contribution in [2.75, 3.05) is 13.2 Å². The van der Waals surface area contributed by atoms with E-state index in [1.54, 1.807) is 0 Å². The molecule has 0 spiro atoms. The van der Waals surface area contributed by atoms with E-state index >= 15 is 0 Å². The van der Waals surface area contributed by atoms with E-state index in [0.29, 0.717) is 19.3 Å². The average molecular weight is 261 g/mol. The highest BCUT2D eigenvalue weighted by Crippen LogP contribution is 2.33. The number of hydrogen-bond acceptors (Lipinski definition) is 3. The zero-order valence-corrected chi connectivity index (χ0v) is 11.8. The first-order valence-corrected chi connectivity index (χ1v) is 7.36. The molecule has 3 atom stereocenters. The second-order valence-electron chi connectivity index (χ2n) is 5.88. The summed E-state index contributed by atoms with van der Waals surface area (Å²) in [6.07, 6.45) is 2.65. The number of nitrogens with one attached hydrogen (secondary N) is 1. The van der Waals surface area contributed by atoms with Gasteiger partial charge >= 0.3 is 0 Å². The lowest BCUT2D eigenvalue weighted by molar-refractivity contribution is 0.171.